The lowest BCUT2D eigenvalue weighted by molar-refractivity contribution is 0.156. The minimum Gasteiger partial charge on any atom is -0.391 e. The lowest BCUT2D eigenvalue weighted by atomic mass is 10.4. The molecule has 0 spiro atoms. The van der Waals surface area contributed by atoms with Crippen molar-refractivity contribution in [2.24, 2.45) is 0 Å². The lowest BCUT2D eigenvalue weighted by Crippen LogP contribution is -2.26. The Morgan fingerprint density at radius 2 is 0.952 bits per heavy atom. The van der Waals surface area contributed by atoms with Gasteiger partial charge in [-0.05, 0) is 28.2 Å². The summed E-state index contributed by atoms with van der Waals surface area (Å²) in [7, 11) is 7.59. The molecule has 0 saturated carbocycles. The van der Waals surface area contributed by atoms with Crippen molar-refractivity contribution in [1.82, 2.24) is 9.80 Å². The number of aliphatic hydroxyl groups excluding tert-OH is 2. The third kappa shape index (κ3) is 44.9. The first-order valence-electron chi connectivity index (χ1n) is 6.52. The minimum absolute atomic E-state index is 0. The fraction of sp³-hybridized carbons (Fsp3) is 1.00. The number of halogens is 4. The van der Waals surface area contributed by atoms with Crippen LogP contribution >= 0.6 is 48.0 Å². The Kier molecular flexibility index (Phi) is 41.4. The summed E-state index contributed by atoms with van der Waals surface area (Å²) in [6.07, 6.45) is 0.485. The smallest absolute Gasteiger partial charge is 0.0801 e. The quantitative estimate of drug-likeness (QED) is 0.683. The molecule has 0 aromatic carbocycles. The van der Waals surface area contributed by atoms with E-state index in [9.17, 15) is 0 Å². The maximum Gasteiger partial charge on any atom is 0.0801 e. The molecule has 0 aromatic rings. The van der Waals surface area contributed by atoms with E-state index in [0.29, 0.717) is 24.8 Å². The summed E-state index contributed by atoms with van der Waals surface area (Å²) in [5.41, 5.74) is 0. The molecule has 21 heavy (non-hydrogen) atoms. The summed E-state index contributed by atoms with van der Waals surface area (Å²) in [6.45, 7) is 5.53. The first-order valence-corrected chi connectivity index (χ1v) is 7.59. The number of nitrogens with zero attached hydrogens (tertiary/aromatic N) is 2. The van der Waals surface area contributed by atoms with Crippen LogP contribution in [0.2, 0.25) is 0 Å². The van der Waals surface area contributed by atoms with Crippen molar-refractivity contribution in [2.45, 2.75) is 32.5 Å². The molecule has 0 aliphatic heterocycles. The Morgan fingerprint density at radius 3 is 1.00 bits per heavy atom. The van der Waals surface area contributed by atoms with Crippen LogP contribution in [0, 0.1) is 0 Å². The molecule has 8 heteroatoms. The van der Waals surface area contributed by atoms with Crippen LogP contribution in [0.25, 0.3) is 0 Å². The third-order valence-corrected chi connectivity index (χ3v) is 2.22. The molecule has 0 saturated heterocycles. The lowest BCUT2D eigenvalue weighted by Gasteiger charge is -2.12. The highest BCUT2D eigenvalue weighted by Crippen LogP contribution is 1.88. The van der Waals surface area contributed by atoms with E-state index in [1.54, 1.807) is 0 Å². The third-order valence-electron chi connectivity index (χ3n) is 1.51. The zero-order chi connectivity index (χ0) is 15.8. The zero-order valence-corrected chi connectivity index (χ0v) is 17.2. The van der Waals surface area contributed by atoms with Crippen molar-refractivity contribution in [3.05, 3.63) is 0 Å². The van der Waals surface area contributed by atoms with Gasteiger partial charge >= 0.3 is 0 Å². The SMILES string of the molecule is CCC.CN(C)CC(O)CCl.CN(C)CC(O)CCl.Cl.Cl. The minimum atomic E-state index is -0.383. The van der Waals surface area contributed by atoms with Gasteiger partial charge in [-0.15, -0.1) is 48.0 Å². The Balaban J connectivity index is -0.0000000634. The summed E-state index contributed by atoms with van der Waals surface area (Å²) >= 11 is 10.6. The summed E-state index contributed by atoms with van der Waals surface area (Å²) in [5.74, 6) is 0.635. The van der Waals surface area contributed by atoms with Gasteiger partial charge in [0.15, 0.2) is 0 Å². The molecule has 0 bridgehead atoms. The van der Waals surface area contributed by atoms with E-state index in [1.807, 2.05) is 38.0 Å². The topological polar surface area (TPSA) is 46.9 Å². The van der Waals surface area contributed by atoms with Crippen LogP contribution in [0.15, 0.2) is 0 Å². The van der Waals surface area contributed by atoms with Gasteiger partial charge in [0.2, 0.25) is 0 Å². The number of hydrogen-bond donors (Lipinski definition) is 2. The standard InChI is InChI=1S/2C5H12ClNO.C3H8.2ClH/c2*1-7(2)4-5(8)3-6;1-3-2;;/h2*5,8H,3-4H2,1-2H3;3H2,1-2H3;2*1H. The summed E-state index contributed by atoms with van der Waals surface area (Å²) < 4.78 is 0. The Morgan fingerprint density at radius 1 is 0.762 bits per heavy atom. The van der Waals surface area contributed by atoms with E-state index < -0.39 is 0 Å². The molecule has 0 aliphatic rings. The van der Waals surface area contributed by atoms with Crippen LogP contribution in [0.1, 0.15) is 20.3 Å². The first-order chi connectivity index (χ1) is 8.74. The fourth-order valence-corrected chi connectivity index (χ4v) is 1.14. The Labute approximate surface area is 153 Å². The van der Waals surface area contributed by atoms with Gasteiger partial charge in [0.25, 0.3) is 0 Å². The molecular weight excluding hydrogens is 358 g/mol. The van der Waals surface area contributed by atoms with Gasteiger partial charge < -0.3 is 20.0 Å². The molecule has 0 fully saturated rings. The van der Waals surface area contributed by atoms with Crippen molar-refractivity contribution < 1.29 is 10.2 Å². The second-order valence-corrected chi connectivity index (χ2v) is 5.47. The average molecular weight is 392 g/mol. The molecule has 0 heterocycles. The van der Waals surface area contributed by atoms with Gasteiger partial charge in [0.1, 0.15) is 0 Å². The van der Waals surface area contributed by atoms with Crippen LogP contribution in [0.3, 0.4) is 0 Å². The second-order valence-electron chi connectivity index (χ2n) is 4.85. The van der Waals surface area contributed by atoms with Crippen LogP contribution in [0.5, 0.6) is 0 Å². The van der Waals surface area contributed by atoms with Gasteiger partial charge in [-0.25, -0.2) is 0 Å². The van der Waals surface area contributed by atoms with E-state index in [2.05, 4.69) is 13.8 Å². The van der Waals surface area contributed by atoms with Gasteiger partial charge in [-0.2, -0.15) is 0 Å². The summed E-state index contributed by atoms with van der Waals surface area (Å²) in [4.78, 5) is 3.79. The number of likely N-dealkylation sites (N-methyl/N-ethyl adjacent to an activating group) is 2. The van der Waals surface area contributed by atoms with E-state index >= 15 is 0 Å². The normalized spacial score (nSPS) is 12.0. The summed E-state index contributed by atoms with van der Waals surface area (Å²) in [5, 5.41) is 17.7. The largest absolute Gasteiger partial charge is 0.391 e. The molecule has 0 aromatic heterocycles. The van der Waals surface area contributed by atoms with Crippen molar-refractivity contribution in [3.8, 4) is 0 Å². The second kappa shape index (κ2) is 25.9. The molecular formula is C13H34Cl4N2O2. The maximum atomic E-state index is 8.85. The molecule has 2 N–H and O–H groups in total. The fourth-order valence-electron chi connectivity index (χ4n) is 0.941. The molecule has 0 radical (unpaired) electrons. The van der Waals surface area contributed by atoms with Crippen LogP contribution in [-0.2, 0) is 0 Å². The van der Waals surface area contributed by atoms with E-state index in [4.69, 9.17) is 33.4 Å². The van der Waals surface area contributed by atoms with E-state index in [0.717, 1.165) is 0 Å². The van der Waals surface area contributed by atoms with Crippen molar-refractivity contribution in [2.75, 3.05) is 53.0 Å². The molecule has 2 atom stereocenters. The number of hydrogen-bond acceptors (Lipinski definition) is 4. The zero-order valence-electron chi connectivity index (χ0n) is 14.1. The van der Waals surface area contributed by atoms with Crippen LogP contribution in [-0.4, -0.2) is 85.3 Å². The van der Waals surface area contributed by atoms with Crippen LogP contribution < -0.4 is 0 Å². The van der Waals surface area contributed by atoms with Crippen molar-refractivity contribution in [3.63, 3.8) is 0 Å². The molecule has 2 unspecified atom stereocenters. The van der Waals surface area contributed by atoms with Crippen molar-refractivity contribution >= 4 is 48.0 Å². The highest BCUT2D eigenvalue weighted by molar-refractivity contribution is 6.18. The monoisotopic (exact) mass is 390 g/mol. The first kappa shape index (κ1) is 33.6. The Bertz CT molecular complexity index is 151. The van der Waals surface area contributed by atoms with E-state index in [-0.39, 0.29) is 37.0 Å². The molecule has 136 valence electrons. The van der Waals surface area contributed by atoms with Gasteiger partial charge in [-0.3, -0.25) is 0 Å². The highest BCUT2D eigenvalue weighted by Gasteiger charge is 2.01. The predicted molar refractivity (Wildman–Crippen MR) is 101 cm³/mol. The molecule has 4 nitrogen and oxygen atoms in total. The maximum absolute atomic E-state index is 8.85. The molecule has 0 amide bonds. The van der Waals surface area contributed by atoms with Gasteiger partial charge in [-0.1, -0.05) is 20.3 Å². The van der Waals surface area contributed by atoms with Crippen molar-refractivity contribution in [1.29, 1.82) is 0 Å². The van der Waals surface area contributed by atoms with Gasteiger partial charge in [0.05, 0.1) is 12.2 Å². The van der Waals surface area contributed by atoms with E-state index in [1.165, 1.54) is 6.42 Å². The highest BCUT2D eigenvalue weighted by atomic mass is 35.5. The number of alkyl halides is 2. The number of aliphatic hydroxyl groups is 2. The average Bonchev–Trinajstić information content (AvgIpc) is 2.29. The molecule has 0 aliphatic carbocycles. The van der Waals surface area contributed by atoms with Crippen LogP contribution in [0.4, 0.5) is 0 Å². The summed E-state index contributed by atoms with van der Waals surface area (Å²) in [6, 6.07) is 0. The number of rotatable bonds is 6. The van der Waals surface area contributed by atoms with Gasteiger partial charge in [0, 0.05) is 24.8 Å². The predicted octanol–water partition coefficient (Wildman–Crippen LogP) is 2.56. The molecule has 0 rings (SSSR count). The Hall–Kier alpha value is 1.00.